The van der Waals surface area contributed by atoms with Gasteiger partial charge in [0.05, 0.1) is 23.8 Å². The zero-order valence-corrected chi connectivity index (χ0v) is 11.9. The molecule has 0 radical (unpaired) electrons. The van der Waals surface area contributed by atoms with E-state index >= 15 is 0 Å². The summed E-state index contributed by atoms with van der Waals surface area (Å²) in [6.07, 6.45) is -0.469. The molecule has 17 heavy (non-hydrogen) atoms. The van der Waals surface area contributed by atoms with Crippen molar-refractivity contribution < 1.29 is 5.11 Å². The van der Waals surface area contributed by atoms with Crippen LogP contribution in [0, 0.1) is 17.2 Å². The van der Waals surface area contributed by atoms with E-state index in [1.165, 1.54) is 0 Å². The highest BCUT2D eigenvalue weighted by molar-refractivity contribution is 9.10. The molecule has 0 aliphatic heterocycles. The minimum Gasteiger partial charge on any atom is -0.389 e. The predicted molar refractivity (Wildman–Crippen MR) is 72.8 cm³/mol. The SMILES string of the molecule is CC(C#N)CN(C)c1ccc([C@H](C)O)cc1Br. The number of anilines is 1. The predicted octanol–water partition coefficient (Wildman–Crippen LogP) is 3.10. The summed E-state index contributed by atoms with van der Waals surface area (Å²) in [5.74, 6) is -0.0108. The average molecular weight is 297 g/mol. The molecule has 1 rings (SSSR count). The Hall–Kier alpha value is -1.05. The van der Waals surface area contributed by atoms with Gasteiger partial charge in [0.2, 0.25) is 0 Å². The second kappa shape index (κ2) is 6.04. The normalized spacial score (nSPS) is 13.9. The molecule has 1 N–H and O–H groups in total. The molecule has 1 aromatic rings. The summed E-state index contributed by atoms with van der Waals surface area (Å²) < 4.78 is 0.934. The summed E-state index contributed by atoms with van der Waals surface area (Å²) in [6, 6.07) is 7.98. The van der Waals surface area contributed by atoms with Crippen LogP contribution in [0.25, 0.3) is 0 Å². The monoisotopic (exact) mass is 296 g/mol. The van der Waals surface area contributed by atoms with E-state index in [4.69, 9.17) is 5.26 Å². The number of nitriles is 1. The maximum Gasteiger partial charge on any atom is 0.0762 e. The van der Waals surface area contributed by atoms with Gasteiger partial charge in [-0.05, 0) is 47.5 Å². The number of aliphatic hydroxyl groups excluding tert-OH is 1. The van der Waals surface area contributed by atoms with Crippen LogP contribution in [0.15, 0.2) is 22.7 Å². The van der Waals surface area contributed by atoms with Crippen molar-refractivity contribution >= 4 is 21.6 Å². The van der Waals surface area contributed by atoms with E-state index in [0.29, 0.717) is 6.54 Å². The van der Waals surface area contributed by atoms with Crippen molar-refractivity contribution in [1.82, 2.24) is 0 Å². The van der Waals surface area contributed by atoms with Crippen molar-refractivity contribution in [3.8, 4) is 6.07 Å². The molecule has 1 aromatic carbocycles. The van der Waals surface area contributed by atoms with E-state index in [9.17, 15) is 5.11 Å². The number of aliphatic hydroxyl groups is 1. The first-order valence-corrected chi connectivity index (χ1v) is 6.33. The van der Waals surface area contributed by atoms with Crippen LogP contribution < -0.4 is 4.90 Å². The number of rotatable bonds is 4. The van der Waals surface area contributed by atoms with E-state index in [1.54, 1.807) is 6.92 Å². The second-order valence-corrected chi connectivity index (χ2v) is 5.15. The van der Waals surface area contributed by atoms with Crippen LogP contribution in [0.1, 0.15) is 25.5 Å². The molecule has 0 aliphatic carbocycles. The van der Waals surface area contributed by atoms with Gasteiger partial charge in [0, 0.05) is 18.1 Å². The highest BCUT2D eigenvalue weighted by atomic mass is 79.9. The summed E-state index contributed by atoms with van der Waals surface area (Å²) in [5.41, 5.74) is 1.90. The lowest BCUT2D eigenvalue weighted by atomic mass is 10.1. The molecule has 0 fully saturated rings. The van der Waals surface area contributed by atoms with Crippen LogP contribution in [-0.2, 0) is 0 Å². The van der Waals surface area contributed by atoms with Crippen LogP contribution in [0.3, 0.4) is 0 Å². The zero-order valence-electron chi connectivity index (χ0n) is 10.3. The molecule has 3 nitrogen and oxygen atoms in total. The van der Waals surface area contributed by atoms with Crippen LogP contribution in [-0.4, -0.2) is 18.7 Å². The summed E-state index contributed by atoms with van der Waals surface area (Å²) >= 11 is 3.49. The van der Waals surface area contributed by atoms with Crippen molar-refractivity contribution in [1.29, 1.82) is 5.26 Å². The second-order valence-electron chi connectivity index (χ2n) is 4.30. The van der Waals surface area contributed by atoms with Gasteiger partial charge < -0.3 is 10.0 Å². The van der Waals surface area contributed by atoms with Gasteiger partial charge in [0.15, 0.2) is 0 Å². The molecule has 92 valence electrons. The van der Waals surface area contributed by atoms with Crippen LogP contribution in [0.5, 0.6) is 0 Å². The molecule has 0 heterocycles. The molecular weight excluding hydrogens is 280 g/mol. The molecule has 0 saturated heterocycles. The largest absolute Gasteiger partial charge is 0.389 e. The fraction of sp³-hybridized carbons (Fsp3) is 0.462. The quantitative estimate of drug-likeness (QED) is 0.929. The topological polar surface area (TPSA) is 47.3 Å². The molecule has 0 amide bonds. The van der Waals surface area contributed by atoms with Gasteiger partial charge in [-0.1, -0.05) is 6.07 Å². The summed E-state index contributed by atoms with van der Waals surface area (Å²) in [5, 5.41) is 18.3. The lowest BCUT2D eigenvalue weighted by Gasteiger charge is -2.22. The van der Waals surface area contributed by atoms with Crippen molar-refractivity contribution in [3.05, 3.63) is 28.2 Å². The van der Waals surface area contributed by atoms with Crippen molar-refractivity contribution in [2.24, 2.45) is 5.92 Å². The molecule has 2 atom stereocenters. The summed E-state index contributed by atoms with van der Waals surface area (Å²) in [6.45, 7) is 4.32. The highest BCUT2D eigenvalue weighted by Crippen LogP contribution is 2.29. The molecule has 0 aromatic heterocycles. The summed E-state index contributed by atoms with van der Waals surface area (Å²) in [4.78, 5) is 2.03. The molecule has 0 spiro atoms. The lowest BCUT2D eigenvalue weighted by Crippen LogP contribution is -2.23. The van der Waals surface area contributed by atoms with Gasteiger partial charge in [-0.3, -0.25) is 0 Å². The summed E-state index contributed by atoms with van der Waals surface area (Å²) in [7, 11) is 1.95. The van der Waals surface area contributed by atoms with Gasteiger partial charge in [-0.25, -0.2) is 0 Å². The Kier molecular flexibility index (Phi) is 4.98. The Morgan fingerprint density at radius 2 is 2.12 bits per heavy atom. The minimum atomic E-state index is -0.469. The Labute approximate surface area is 111 Å². The molecule has 0 saturated carbocycles. The van der Waals surface area contributed by atoms with Crippen LogP contribution >= 0.6 is 15.9 Å². The van der Waals surface area contributed by atoms with Crippen molar-refractivity contribution in [2.45, 2.75) is 20.0 Å². The standard InChI is InChI=1S/C13H17BrN2O/c1-9(7-15)8-16(3)13-5-4-11(10(2)17)6-12(13)14/h4-6,9-10,17H,8H2,1-3H3/t9?,10-/m0/s1. The first kappa shape index (κ1) is 14.0. The van der Waals surface area contributed by atoms with E-state index < -0.39 is 6.10 Å². The van der Waals surface area contributed by atoms with E-state index in [2.05, 4.69) is 22.0 Å². The fourth-order valence-corrected chi connectivity index (χ4v) is 2.34. The first-order chi connectivity index (χ1) is 7.95. The molecule has 4 heteroatoms. The van der Waals surface area contributed by atoms with Crippen molar-refractivity contribution in [2.75, 3.05) is 18.5 Å². The van der Waals surface area contributed by atoms with E-state index in [0.717, 1.165) is 15.7 Å². The number of halogens is 1. The minimum absolute atomic E-state index is 0.0108. The maximum atomic E-state index is 9.48. The third-order valence-corrected chi connectivity index (χ3v) is 3.27. The third-order valence-electron chi connectivity index (χ3n) is 2.63. The highest BCUT2D eigenvalue weighted by Gasteiger charge is 2.11. The zero-order chi connectivity index (χ0) is 13.0. The Balaban J connectivity index is 2.89. The van der Waals surface area contributed by atoms with E-state index in [1.807, 2.05) is 37.1 Å². The maximum absolute atomic E-state index is 9.48. The van der Waals surface area contributed by atoms with Gasteiger partial charge in [-0.15, -0.1) is 0 Å². The average Bonchev–Trinajstić information content (AvgIpc) is 2.28. The number of hydrogen-bond acceptors (Lipinski definition) is 3. The number of benzene rings is 1. The van der Waals surface area contributed by atoms with Gasteiger partial charge in [-0.2, -0.15) is 5.26 Å². The molecule has 0 aliphatic rings. The first-order valence-electron chi connectivity index (χ1n) is 5.54. The van der Waals surface area contributed by atoms with Crippen LogP contribution in [0.4, 0.5) is 5.69 Å². The Bertz CT molecular complexity index is 426. The van der Waals surface area contributed by atoms with Gasteiger partial charge in [0.25, 0.3) is 0 Å². The van der Waals surface area contributed by atoms with Crippen LogP contribution in [0.2, 0.25) is 0 Å². The van der Waals surface area contributed by atoms with Gasteiger partial charge in [0.1, 0.15) is 0 Å². The van der Waals surface area contributed by atoms with Gasteiger partial charge >= 0.3 is 0 Å². The van der Waals surface area contributed by atoms with E-state index in [-0.39, 0.29) is 5.92 Å². The fourth-order valence-electron chi connectivity index (χ4n) is 1.64. The molecule has 1 unspecified atom stereocenters. The molecule has 0 bridgehead atoms. The Morgan fingerprint density at radius 1 is 1.47 bits per heavy atom. The molecular formula is C13H17BrN2O. The lowest BCUT2D eigenvalue weighted by molar-refractivity contribution is 0.199. The van der Waals surface area contributed by atoms with Crippen molar-refractivity contribution in [3.63, 3.8) is 0 Å². The Morgan fingerprint density at radius 3 is 2.59 bits per heavy atom. The number of hydrogen-bond donors (Lipinski definition) is 1. The smallest absolute Gasteiger partial charge is 0.0762 e. The number of nitrogens with zero attached hydrogens (tertiary/aromatic N) is 2. The third kappa shape index (κ3) is 3.72.